The molecule has 0 saturated carbocycles. The van der Waals surface area contributed by atoms with Gasteiger partial charge in [-0.1, -0.05) is 0 Å². The average Bonchev–Trinajstić information content (AvgIpc) is 2.42. The predicted octanol–water partition coefficient (Wildman–Crippen LogP) is -1.19. The van der Waals surface area contributed by atoms with E-state index in [0.717, 1.165) is 0 Å². The molecule has 0 aliphatic carbocycles. The van der Waals surface area contributed by atoms with Gasteiger partial charge in [-0.3, -0.25) is 4.79 Å². The van der Waals surface area contributed by atoms with Crippen LogP contribution in [0.25, 0.3) is 5.78 Å². The van der Waals surface area contributed by atoms with Crippen LogP contribution in [0.5, 0.6) is 0 Å². The molecule has 7 heteroatoms. The van der Waals surface area contributed by atoms with Gasteiger partial charge in [-0.25, -0.2) is 9.50 Å². The summed E-state index contributed by atoms with van der Waals surface area (Å²) in [6.07, 6.45) is 2.75. The third kappa shape index (κ3) is 1.15. The van der Waals surface area contributed by atoms with Crippen molar-refractivity contribution in [3.8, 4) is 0 Å². The SMILES string of the molecule is NC(=O)c1cnc2nc(N)nn2c1. The van der Waals surface area contributed by atoms with Crippen LogP contribution in [0.2, 0.25) is 0 Å². The van der Waals surface area contributed by atoms with E-state index in [1.165, 1.54) is 16.9 Å². The lowest BCUT2D eigenvalue weighted by Gasteiger charge is -1.93. The van der Waals surface area contributed by atoms with Gasteiger partial charge >= 0.3 is 0 Å². The van der Waals surface area contributed by atoms with E-state index in [1.54, 1.807) is 0 Å². The molecular formula is C6H6N6O. The van der Waals surface area contributed by atoms with Gasteiger partial charge in [-0.05, 0) is 0 Å². The summed E-state index contributed by atoms with van der Waals surface area (Å²) in [5.74, 6) is -0.125. The maximum absolute atomic E-state index is 10.7. The molecule has 0 aromatic carbocycles. The molecule has 2 rings (SSSR count). The lowest BCUT2D eigenvalue weighted by atomic mass is 10.3. The first-order valence-electron chi connectivity index (χ1n) is 3.44. The molecule has 66 valence electrons. The zero-order valence-corrected chi connectivity index (χ0v) is 6.51. The van der Waals surface area contributed by atoms with Crippen LogP contribution in [-0.4, -0.2) is 25.5 Å². The summed E-state index contributed by atoms with van der Waals surface area (Å²) >= 11 is 0. The summed E-state index contributed by atoms with van der Waals surface area (Å²) in [6.45, 7) is 0. The largest absolute Gasteiger partial charge is 0.366 e. The number of nitrogen functional groups attached to an aromatic ring is 1. The number of hydrogen-bond donors (Lipinski definition) is 2. The van der Waals surface area contributed by atoms with Gasteiger partial charge in [0.05, 0.1) is 5.56 Å². The van der Waals surface area contributed by atoms with E-state index < -0.39 is 5.91 Å². The van der Waals surface area contributed by atoms with Crippen molar-refractivity contribution in [2.24, 2.45) is 5.73 Å². The van der Waals surface area contributed by atoms with Gasteiger partial charge in [0.2, 0.25) is 5.95 Å². The Balaban J connectivity index is 2.67. The van der Waals surface area contributed by atoms with Crippen LogP contribution in [0.4, 0.5) is 5.95 Å². The predicted molar refractivity (Wildman–Crippen MR) is 43.7 cm³/mol. The van der Waals surface area contributed by atoms with Crippen LogP contribution in [0.1, 0.15) is 10.4 Å². The van der Waals surface area contributed by atoms with E-state index in [2.05, 4.69) is 15.1 Å². The van der Waals surface area contributed by atoms with E-state index in [1.807, 2.05) is 0 Å². The first kappa shape index (κ1) is 7.47. The molecule has 0 aliphatic heterocycles. The second-order valence-electron chi connectivity index (χ2n) is 2.42. The van der Waals surface area contributed by atoms with Crippen LogP contribution >= 0.6 is 0 Å². The minimum atomic E-state index is -0.566. The summed E-state index contributed by atoms with van der Waals surface area (Å²) < 4.78 is 1.30. The van der Waals surface area contributed by atoms with Gasteiger partial charge in [0.1, 0.15) is 0 Å². The number of amides is 1. The molecule has 0 radical (unpaired) electrons. The molecule has 2 aromatic heterocycles. The number of carbonyl (C=O) groups is 1. The molecule has 7 nitrogen and oxygen atoms in total. The highest BCUT2D eigenvalue weighted by molar-refractivity contribution is 5.92. The zero-order valence-electron chi connectivity index (χ0n) is 6.51. The van der Waals surface area contributed by atoms with E-state index in [9.17, 15) is 4.79 Å². The summed E-state index contributed by atoms with van der Waals surface area (Å²) in [5.41, 5.74) is 10.6. The maximum Gasteiger partial charge on any atom is 0.253 e. The molecule has 0 spiro atoms. The third-order valence-electron chi connectivity index (χ3n) is 1.49. The van der Waals surface area contributed by atoms with E-state index in [0.29, 0.717) is 5.78 Å². The first-order chi connectivity index (χ1) is 6.16. The fraction of sp³-hybridized carbons (Fsp3) is 0. The maximum atomic E-state index is 10.7. The second kappa shape index (κ2) is 2.41. The lowest BCUT2D eigenvalue weighted by Crippen LogP contribution is -2.12. The number of rotatable bonds is 1. The zero-order chi connectivity index (χ0) is 9.42. The molecule has 0 atom stereocenters. The van der Waals surface area contributed by atoms with Crippen LogP contribution < -0.4 is 11.5 Å². The van der Waals surface area contributed by atoms with Crippen molar-refractivity contribution >= 4 is 17.6 Å². The summed E-state index contributed by atoms with van der Waals surface area (Å²) in [5, 5.41) is 3.77. The Bertz CT molecular complexity index is 475. The van der Waals surface area contributed by atoms with Gasteiger partial charge in [0.25, 0.3) is 11.7 Å². The number of hydrogen-bond acceptors (Lipinski definition) is 5. The average molecular weight is 178 g/mol. The second-order valence-corrected chi connectivity index (χ2v) is 2.42. The minimum Gasteiger partial charge on any atom is -0.366 e. The Morgan fingerprint density at radius 2 is 2.31 bits per heavy atom. The molecule has 0 bridgehead atoms. The molecule has 2 heterocycles. The normalized spacial score (nSPS) is 10.5. The highest BCUT2D eigenvalue weighted by Gasteiger charge is 2.05. The molecule has 0 aliphatic rings. The molecule has 0 fully saturated rings. The fourth-order valence-electron chi connectivity index (χ4n) is 0.925. The van der Waals surface area contributed by atoms with Crippen LogP contribution in [0.15, 0.2) is 12.4 Å². The number of primary amides is 1. The number of fused-ring (bicyclic) bond motifs is 1. The topological polar surface area (TPSA) is 112 Å². The van der Waals surface area contributed by atoms with Gasteiger partial charge in [-0.2, -0.15) is 4.98 Å². The minimum absolute atomic E-state index is 0.106. The number of aromatic nitrogens is 4. The Hall–Kier alpha value is -2.18. The van der Waals surface area contributed by atoms with Gasteiger partial charge in [0.15, 0.2) is 0 Å². The van der Waals surface area contributed by atoms with Crippen molar-refractivity contribution in [1.82, 2.24) is 19.6 Å². The molecule has 0 saturated heterocycles. The fourth-order valence-corrected chi connectivity index (χ4v) is 0.925. The molecule has 4 N–H and O–H groups in total. The highest BCUT2D eigenvalue weighted by Crippen LogP contribution is 2.00. The number of carbonyl (C=O) groups excluding carboxylic acids is 1. The van der Waals surface area contributed by atoms with Crippen molar-refractivity contribution in [2.45, 2.75) is 0 Å². The number of nitrogens with two attached hydrogens (primary N) is 2. The van der Waals surface area contributed by atoms with Crippen LogP contribution in [0.3, 0.4) is 0 Å². The van der Waals surface area contributed by atoms with Crippen molar-refractivity contribution in [3.05, 3.63) is 18.0 Å². The van der Waals surface area contributed by atoms with Gasteiger partial charge < -0.3 is 11.5 Å². The molecule has 13 heavy (non-hydrogen) atoms. The van der Waals surface area contributed by atoms with E-state index >= 15 is 0 Å². The Kier molecular flexibility index (Phi) is 1.38. The lowest BCUT2D eigenvalue weighted by molar-refractivity contribution is 0.0999. The quantitative estimate of drug-likeness (QED) is 0.569. The van der Waals surface area contributed by atoms with E-state index in [4.69, 9.17) is 11.5 Å². The van der Waals surface area contributed by atoms with Crippen LogP contribution in [-0.2, 0) is 0 Å². The van der Waals surface area contributed by atoms with Crippen molar-refractivity contribution < 1.29 is 4.79 Å². The smallest absolute Gasteiger partial charge is 0.253 e. The molecule has 0 unspecified atom stereocenters. The first-order valence-corrected chi connectivity index (χ1v) is 3.44. The standard InChI is InChI=1S/C6H6N6O/c7-4(13)3-1-9-6-10-5(8)11-12(6)2-3/h1-2H,(H2,7,13)(H2,8,11). The summed E-state index contributed by atoms with van der Waals surface area (Å²) in [6, 6.07) is 0. The molecular weight excluding hydrogens is 172 g/mol. The monoisotopic (exact) mass is 178 g/mol. The third-order valence-corrected chi connectivity index (χ3v) is 1.49. The number of anilines is 1. The van der Waals surface area contributed by atoms with Crippen molar-refractivity contribution in [1.29, 1.82) is 0 Å². The Morgan fingerprint density at radius 1 is 1.54 bits per heavy atom. The summed E-state index contributed by atoms with van der Waals surface area (Å²) in [7, 11) is 0. The summed E-state index contributed by atoms with van der Waals surface area (Å²) in [4.78, 5) is 18.4. The number of nitrogens with zero attached hydrogens (tertiary/aromatic N) is 4. The van der Waals surface area contributed by atoms with E-state index in [-0.39, 0.29) is 11.5 Å². The van der Waals surface area contributed by atoms with Crippen LogP contribution in [0, 0.1) is 0 Å². The Morgan fingerprint density at radius 3 is 3.00 bits per heavy atom. The Labute approximate surface area is 72.4 Å². The van der Waals surface area contributed by atoms with Crippen molar-refractivity contribution in [3.63, 3.8) is 0 Å². The van der Waals surface area contributed by atoms with Crippen molar-refractivity contribution in [2.75, 3.05) is 5.73 Å². The highest BCUT2D eigenvalue weighted by atomic mass is 16.1. The van der Waals surface area contributed by atoms with Gasteiger partial charge in [0, 0.05) is 12.4 Å². The molecule has 1 amide bonds. The van der Waals surface area contributed by atoms with Gasteiger partial charge in [-0.15, -0.1) is 5.10 Å². The molecule has 2 aromatic rings.